The number of halogens is 7. The number of H-pyrrole nitrogens is 1. The Balaban J connectivity index is 1.68. The summed E-state index contributed by atoms with van der Waals surface area (Å²) in [5, 5.41) is 13.1. The van der Waals surface area contributed by atoms with Crippen LogP contribution >= 0.6 is 39.1 Å². The van der Waals surface area contributed by atoms with Crippen LogP contribution in [0.15, 0.2) is 46.9 Å². The molecule has 1 unspecified atom stereocenters. The van der Waals surface area contributed by atoms with Gasteiger partial charge in [0.15, 0.2) is 0 Å². The minimum Gasteiger partial charge on any atom is -0.340 e. The van der Waals surface area contributed by atoms with Gasteiger partial charge < -0.3 is 10.6 Å². The summed E-state index contributed by atoms with van der Waals surface area (Å²) in [6.07, 6.45) is -4.85. The van der Waals surface area contributed by atoms with Crippen LogP contribution in [0.1, 0.15) is 43.6 Å². The highest BCUT2D eigenvalue weighted by Crippen LogP contribution is 2.44. The fraction of sp³-hybridized carbons (Fsp3) is 0.0870. The maximum absolute atomic E-state index is 13.9. The lowest BCUT2D eigenvalue weighted by Gasteiger charge is -2.28. The van der Waals surface area contributed by atoms with Crippen LogP contribution < -0.4 is 10.6 Å². The Kier molecular flexibility index (Phi) is 5.97. The van der Waals surface area contributed by atoms with Crippen molar-refractivity contribution in [3.05, 3.63) is 90.7 Å². The van der Waals surface area contributed by atoms with Crippen LogP contribution in [0.5, 0.6) is 0 Å². The number of nitrogens with zero attached hydrogens (tertiary/aromatic N) is 1. The number of carbonyl (C=O) groups excluding carboxylic acids is 2. The van der Waals surface area contributed by atoms with E-state index in [-0.39, 0.29) is 16.4 Å². The molecule has 3 N–H and O–H groups in total. The molecule has 1 aromatic heterocycles. The van der Waals surface area contributed by atoms with Crippen molar-refractivity contribution in [1.82, 2.24) is 15.5 Å². The van der Waals surface area contributed by atoms with Crippen LogP contribution in [-0.2, 0) is 6.18 Å². The normalized spacial score (nSPS) is 15.2. The number of carbonyl (C=O) groups is 2. The largest absolute Gasteiger partial charge is 0.416 e. The van der Waals surface area contributed by atoms with E-state index in [4.69, 9.17) is 23.2 Å². The second-order valence-corrected chi connectivity index (χ2v) is 9.59. The van der Waals surface area contributed by atoms with E-state index < -0.39 is 41.0 Å². The molecule has 4 aromatic rings. The smallest absolute Gasteiger partial charge is 0.340 e. The average Bonchev–Trinajstić information content (AvgIpc) is 3.25. The molecule has 36 heavy (non-hydrogen) atoms. The first-order valence-corrected chi connectivity index (χ1v) is 11.6. The van der Waals surface area contributed by atoms with Gasteiger partial charge in [0.1, 0.15) is 17.0 Å². The summed E-state index contributed by atoms with van der Waals surface area (Å²) in [5.41, 5.74) is -0.470. The molecule has 3 aromatic carbocycles. The van der Waals surface area contributed by atoms with Gasteiger partial charge in [-0.15, -0.1) is 0 Å². The monoisotopic (exact) mass is 600 g/mol. The van der Waals surface area contributed by atoms with Gasteiger partial charge in [-0.2, -0.15) is 18.3 Å². The number of hydrogen-bond donors (Lipinski definition) is 3. The van der Waals surface area contributed by atoms with E-state index in [9.17, 15) is 27.2 Å². The van der Waals surface area contributed by atoms with Crippen LogP contribution in [0.2, 0.25) is 10.0 Å². The summed E-state index contributed by atoms with van der Waals surface area (Å²) in [6, 6.07) is 6.76. The molecule has 0 radical (unpaired) electrons. The highest BCUT2D eigenvalue weighted by molar-refractivity contribution is 9.10. The fourth-order valence-corrected chi connectivity index (χ4v) is 5.00. The molecule has 184 valence electrons. The van der Waals surface area contributed by atoms with E-state index in [2.05, 4.69) is 36.8 Å². The lowest BCUT2D eigenvalue weighted by atomic mass is 9.90. The van der Waals surface area contributed by atoms with Gasteiger partial charge in [0.2, 0.25) is 0 Å². The topological polar surface area (TPSA) is 86.9 Å². The molecule has 5 rings (SSSR count). The molecule has 0 saturated carbocycles. The SMILES string of the molecule is O=C(Nc1cc(Br)c2n[nH]c3c2c1C(c1cc(Cl)ccc1Cl)NC3=O)c1cc(F)cc(C(F)(F)F)c1. The molecule has 1 aliphatic rings. The number of benzene rings is 3. The predicted octanol–water partition coefficient (Wildman–Crippen LogP) is 6.88. The van der Waals surface area contributed by atoms with Crippen LogP contribution in [0, 0.1) is 5.82 Å². The van der Waals surface area contributed by atoms with Crippen LogP contribution in [0.4, 0.5) is 23.2 Å². The van der Waals surface area contributed by atoms with Crippen molar-refractivity contribution in [2.24, 2.45) is 0 Å². The Bertz CT molecular complexity index is 1590. The van der Waals surface area contributed by atoms with Crippen molar-refractivity contribution in [3.8, 4) is 0 Å². The third-order valence-electron chi connectivity index (χ3n) is 5.62. The van der Waals surface area contributed by atoms with Crippen LogP contribution in [0.3, 0.4) is 0 Å². The van der Waals surface area contributed by atoms with E-state index in [0.717, 1.165) is 0 Å². The number of anilines is 1. The molecule has 0 aliphatic carbocycles. The van der Waals surface area contributed by atoms with Crippen molar-refractivity contribution in [2.75, 3.05) is 5.32 Å². The van der Waals surface area contributed by atoms with Crippen molar-refractivity contribution >= 4 is 67.5 Å². The van der Waals surface area contributed by atoms with Gasteiger partial charge in [-0.05, 0) is 64.0 Å². The van der Waals surface area contributed by atoms with E-state index in [1.165, 1.54) is 12.1 Å². The molecule has 2 amide bonds. The maximum Gasteiger partial charge on any atom is 0.416 e. The lowest BCUT2D eigenvalue weighted by molar-refractivity contribution is -0.137. The summed E-state index contributed by atoms with van der Waals surface area (Å²) in [6.45, 7) is 0. The van der Waals surface area contributed by atoms with Crippen molar-refractivity contribution in [2.45, 2.75) is 12.2 Å². The number of nitrogens with one attached hydrogen (secondary N) is 3. The standard InChI is InChI=1S/C23H11BrCl2F4N4O2/c24-13-7-15(31-21(35)8-3-9(23(28,29)30)5-11(27)4-8)16-17-19(13)33-34-20(17)22(36)32-18(16)12-6-10(25)1-2-14(12)26/h1-7,18H,(H,31,35)(H,32,36)(H,33,34). The van der Waals surface area contributed by atoms with Gasteiger partial charge in [-0.1, -0.05) is 23.2 Å². The first-order chi connectivity index (χ1) is 16.9. The lowest BCUT2D eigenvalue weighted by Crippen LogP contribution is -2.34. The molecular formula is C23H11BrCl2F4N4O2. The molecule has 0 saturated heterocycles. The molecule has 6 nitrogen and oxygen atoms in total. The third-order valence-corrected chi connectivity index (χ3v) is 6.80. The summed E-state index contributed by atoms with van der Waals surface area (Å²) < 4.78 is 53.8. The van der Waals surface area contributed by atoms with Gasteiger partial charge in [0, 0.05) is 36.7 Å². The zero-order valence-corrected chi connectivity index (χ0v) is 20.6. The first kappa shape index (κ1) is 24.5. The van der Waals surface area contributed by atoms with Crippen LogP contribution in [0.25, 0.3) is 10.9 Å². The molecular weight excluding hydrogens is 591 g/mol. The molecule has 1 aliphatic heterocycles. The van der Waals surface area contributed by atoms with Gasteiger partial charge >= 0.3 is 6.18 Å². The molecule has 0 fully saturated rings. The number of amides is 2. The average molecular weight is 602 g/mol. The maximum atomic E-state index is 13.9. The zero-order valence-electron chi connectivity index (χ0n) is 17.5. The van der Waals surface area contributed by atoms with Gasteiger partial charge in [-0.3, -0.25) is 14.7 Å². The Morgan fingerprint density at radius 1 is 1.11 bits per heavy atom. The summed E-state index contributed by atoms with van der Waals surface area (Å²) in [4.78, 5) is 25.9. The molecule has 0 spiro atoms. The Labute approximate surface area is 218 Å². The number of hydrogen-bond acceptors (Lipinski definition) is 3. The van der Waals surface area contributed by atoms with Crippen molar-refractivity contribution in [3.63, 3.8) is 0 Å². The fourth-order valence-electron chi connectivity index (χ4n) is 4.08. The molecule has 0 bridgehead atoms. The minimum atomic E-state index is -4.85. The number of rotatable bonds is 3. The molecule has 2 heterocycles. The van der Waals surface area contributed by atoms with E-state index in [1.54, 1.807) is 12.1 Å². The van der Waals surface area contributed by atoms with Gasteiger partial charge in [0.25, 0.3) is 11.8 Å². The Morgan fingerprint density at radius 2 is 1.86 bits per heavy atom. The second-order valence-electron chi connectivity index (χ2n) is 7.89. The van der Waals surface area contributed by atoms with Crippen molar-refractivity contribution in [1.29, 1.82) is 0 Å². The quantitative estimate of drug-likeness (QED) is 0.224. The van der Waals surface area contributed by atoms with E-state index in [1.807, 2.05) is 0 Å². The number of alkyl halides is 3. The Morgan fingerprint density at radius 3 is 2.58 bits per heavy atom. The highest BCUT2D eigenvalue weighted by atomic mass is 79.9. The Hall–Kier alpha value is -3.15. The second kappa shape index (κ2) is 8.75. The van der Waals surface area contributed by atoms with E-state index in [0.29, 0.717) is 49.7 Å². The molecule has 13 heteroatoms. The number of aromatic nitrogens is 2. The first-order valence-electron chi connectivity index (χ1n) is 10.1. The van der Waals surface area contributed by atoms with Crippen LogP contribution in [-0.4, -0.2) is 22.0 Å². The van der Waals surface area contributed by atoms with Gasteiger partial charge in [0.05, 0.1) is 11.6 Å². The predicted molar refractivity (Wildman–Crippen MR) is 129 cm³/mol. The van der Waals surface area contributed by atoms with E-state index >= 15 is 0 Å². The third kappa shape index (κ3) is 4.21. The zero-order chi connectivity index (χ0) is 25.9. The molecule has 1 atom stereocenters. The summed E-state index contributed by atoms with van der Waals surface area (Å²) >= 11 is 15.9. The highest BCUT2D eigenvalue weighted by Gasteiger charge is 2.35. The van der Waals surface area contributed by atoms with Crippen molar-refractivity contribution < 1.29 is 27.2 Å². The summed E-state index contributed by atoms with van der Waals surface area (Å²) in [7, 11) is 0. The number of aromatic amines is 1. The van der Waals surface area contributed by atoms with Gasteiger partial charge in [-0.25, -0.2) is 4.39 Å². The minimum absolute atomic E-state index is 0.108. The summed E-state index contributed by atoms with van der Waals surface area (Å²) in [5.74, 6) is -2.72.